The summed E-state index contributed by atoms with van der Waals surface area (Å²) in [5.74, 6) is 0.668. The van der Waals surface area contributed by atoms with E-state index in [0.29, 0.717) is 11.8 Å². The molecule has 1 nitrogen and oxygen atoms in total. The van der Waals surface area contributed by atoms with E-state index < -0.39 is 0 Å². The zero-order chi connectivity index (χ0) is 17.6. The average Bonchev–Trinajstić information content (AvgIpc) is 2.72. The minimum atomic E-state index is 0.313. The quantitative estimate of drug-likeness (QED) is 0.571. The molecule has 0 aromatic heterocycles. The van der Waals surface area contributed by atoms with Gasteiger partial charge in [0.25, 0.3) is 0 Å². The molecule has 3 aromatic carbocycles. The van der Waals surface area contributed by atoms with E-state index in [1.807, 2.05) is 0 Å². The Balaban J connectivity index is 1.77. The first-order valence-electron chi connectivity index (χ1n) is 9.35. The molecule has 1 fully saturated rings. The van der Waals surface area contributed by atoms with Crippen LogP contribution in [0.5, 0.6) is 0 Å². The summed E-state index contributed by atoms with van der Waals surface area (Å²) in [5.41, 5.74) is 5.47. The molecule has 0 spiro atoms. The minimum Gasteiger partial charge on any atom is -0.380 e. The fraction of sp³-hybridized carbons (Fsp3) is 0.200. The smallest absolute Gasteiger partial charge is 0.0540 e. The molecule has 130 valence electrons. The maximum absolute atomic E-state index is 5.93. The fourth-order valence-electron chi connectivity index (χ4n) is 3.92. The second-order valence-electron chi connectivity index (χ2n) is 6.86. The van der Waals surface area contributed by atoms with Crippen LogP contribution in [-0.2, 0) is 4.74 Å². The molecule has 0 amide bonds. The van der Waals surface area contributed by atoms with Crippen LogP contribution in [0.4, 0.5) is 0 Å². The highest BCUT2D eigenvalue weighted by Crippen LogP contribution is 2.40. The minimum absolute atomic E-state index is 0.313. The van der Waals surface area contributed by atoms with Gasteiger partial charge in [-0.2, -0.15) is 0 Å². The molecular formula is C25H24O. The highest BCUT2D eigenvalue weighted by Gasteiger charge is 2.30. The molecule has 1 aliphatic rings. The molecule has 0 aliphatic carbocycles. The van der Waals surface area contributed by atoms with Gasteiger partial charge in [-0.3, -0.25) is 0 Å². The molecule has 1 atom stereocenters. The first-order valence-corrected chi connectivity index (χ1v) is 9.35. The van der Waals surface area contributed by atoms with Crippen LogP contribution in [0.3, 0.4) is 0 Å². The highest BCUT2D eigenvalue weighted by molar-refractivity contribution is 5.55. The van der Waals surface area contributed by atoms with E-state index >= 15 is 0 Å². The Hall–Kier alpha value is -2.64. The first-order chi connectivity index (χ1) is 12.9. The van der Waals surface area contributed by atoms with Crippen molar-refractivity contribution in [2.45, 2.75) is 12.3 Å². The topological polar surface area (TPSA) is 9.23 Å². The van der Waals surface area contributed by atoms with Gasteiger partial charge in [0.2, 0.25) is 0 Å². The van der Waals surface area contributed by atoms with Gasteiger partial charge in [-0.15, -0.1) is 0 Å². The normalized spacial score (nSPS) is 19.0. The van der Waals surface area contributed by atoms with Gasteiger partial charge in [0.1, 0.15) is 0 Å². The lowest BCUT2D eigenvalue weighted by Crippen LogP contribution is -2.27. The Morgan fingerprint density at radius 3 is 1.85 bits per heavy atom. The van der Waals surface area contributed by atoms with Crippen molar-refractivity contribution >= 4 is 6.08 Å². The fourth-order valence-corrected chi connectivity index (χ4v) is 3.92. The molecule has 1 unspecified atom stereocenters. The maximum atomic E-state index is 5.93. The van der Waals surface area contributed by atoms with Crippen molar-refractivity contribution in [3.05, 3.63) is 113 Å². The third-order valence-corrected chi connectivity index (χ3v) is 5.18. The van der Waals surface area contributed by atoms with Crippen LogP contribution in [0.15, 0.2) is 96.6 Å². The Bertz CT molecular complexity index is 798. The van der Waals surface area contributed by atoms with Crippen LogP contribution in [0.25, 0.3) is 6.08 Å². The van der Waals surface area contributed by atoms with Crippen molar-refractivity contribution in [2.75, 3.05) is 13.2 Å². The Morgan fingerprint density at radius 1 is 0.731 bits per heavy atom. The summed E-state index contributed by atoms with van der Waals surface area (Å²) < 4.78 is 5.93. The number of benzene rings is 3. The van der Waals surface area contributed by atoms with Gasteiger partial charge in [-0.25, -0.2) is 0 Å². The van der Waals surface area contributed by atoms with E-state index in [2.05, 4.69) is 97.1 Å². The third kappa shape index (κ3) is 3.79. The lowest BCUT2D eigenvalue weighted by Gasteiger charge is -2.33. The zero-order valence-electron chi connectivity index (χ0n) is 14.9. The van der Waals surface area contributed by atoms with Gasteiger partial charge in [-0.05, 0) is 23.1 Å². The molecule has 0 radical (unpaired) electrons. The third-order valence-electron chi connectivity index (χ3n) is 5.18. The molecule has 0 saturated carbocycles. The van der Waals surface area contributed by atoms with Crippen molar-refractivity contribution in [2.24, 2.45) is 5.92 Å². The van der Waals surface area contributed by atoms with E-state index in [4.69, 9.17) is 4.74 Å². The second-order valence-corrected chi connectivity index (χ2v) is 6.86. The molecule has 26 heavy (non-hydrogen) atoms. The molecule has 4 rings (SSSR count). The summed E-state index contributed by atoms with van der Waals surface area (Å²) in [6, 6.07) is 32.3. The molecule has 1 saturated heterocycles. The van der Waals surface area contributed by atoms with E-state index in [1.54, 1.807) is 0 Å². The Labute approximate surface area is 156 Å². The van der Waals surface area contributed by atoms with Crippen LogP contribution in [0, 0.1) is 5.92 Å². The maximum Gasteiger partial charge on any atom is 0.0540 e. The summed E-state index contributed by atoms with van der Waals surface area (Å²) in [6.07, 6.45) is 3.36. The van der Waals surface area contributed by atoms with Crippen LogP contribution >= 0.6 is 0 Å². The van der Waals surface area contributed by atoms with Crippen molar-refractivity contribution in [1.29, 1.82) is 0 Å². The molecule has 1 heterocycles. The van der Waals surface area contributed by atoms with Crippen molar-refractivity contribution in [1.82, 2.24) is 0 Å². The largest absolute Gasteiger partial charge is 0.380 e. The molecular weight excluding hydrogens is 316 g/mol. The summed E-state index contributed by atoms with van der Waals surface area (Å²) in [5, 5.41) is 0. The second kappa shape index (κ2) is 8.16. The van der Waals surface area contributed by atoms with Gasteiger partial charge in [0, 0.05) is 11.8 Å². The lowest BCUT2D eigenvalue weighted by molar-refractivity contribution is 0.0797. The van der Waals surface area contributed by atoms with Crippen LogP contribution in [-0.4, -0.2) is 13.2 Å². The number of ether oxygens (including phenoxy) is 1. The van der Waals surface area contributed by atoms with Crippen molar-refractivity contribution in [3.63, 3.8) is 0 Å². The summed E-state index contributed by atoms with van der Waals surface area (Å²) >= 11 is 0. The number of hydrogen-bond donors (Lipinski definition) is 0. The van der Waals surface area contributed by atoms with E-state index in [1.165, 1.54) is 22.3 Å². The van der Waals surface area contributed by atoms with E-state index in [9.17, 15) is 0 Å². The highest BCUT2D eigenvalue weighted by atomic mass is 16.5. The Kier molecular flexibility index (Phi) is 5.27. The predicted molar refractivity (Wildman–Crippen MR) is 108 cm³/mol. The number of rotatable bonds is 4. The van der Waals surface area contributed by atoms with Crippen molar-refractivity contribution in [3.8, 4) is 0 Å². The number of hydrogen-bond acceptors (Lipinski definition) is 1. The van der Waals surface area contributed by atoms with Gasteiger partial charge < -0.3 is 4.74 Å². The van der Waals surface area contributed by atoms with E-state index in [-0.39, 0.29) is 0 Å². The standard InChI is InChI=1S/C25H24O/c1-4-10-20(11-5-1)18-23-16-17-26-19-24(23)25(21-12-6-2-7-13-21)22-14-8-3-9-15-22/h1-15,18,24-25H,16-17,19H2/b23-18-. The van der Waals surface area contributed by atoms with Gasteiger partial charge in [0.05, 0.1) is 13.2 Å². The SMILES string of the molecule is C(=C1\CCOCC1C(c1ccccc1)c1ccccc1)/c1ccccc1. The summed E-state index contributed by atoms with van der Waals surface area (Å²) in [7, 11) is 0. The summed E-state index contributed by atoms with van der Waals surface area (Å²) in [4.78, 5) is 0. The predicted octanol–water partition coefficient (Wildman–Crippen LogP) is 5.94. The summed E-state index contributed by atoms with van der Waals surface area (Å²) in [6.45, 7) is 1.58. The molecule has 1 heteroatoms. The first kappa shape index (κ1) is 16.8. The van der Waals surface area contributed by atoms with E-state index in [0.717, 1.165) is 19.6 Å². The molecule has 3 aromatic rings. The van der Waals surface area contributed by atoms with Crippen molar-refractivity contribution < 1.29 is 4.74 Å². The Morgan fingerprint density at radius 2 is 1.27 bits per heavy atom. The van der Waals surface area contributed by atoms with Gasteiger partial charge in [0.15, 0.2) is 0 Å². The van der Waals surface area contributed by atoms with Crippen LogP contribution < -0.4 is 0 Å². The monoisotopic (exact) mass is 340 g/mol. The molecule has 0 N–H and O–H groups in total. The molecule has 0 bridgehead atoms. The average molecular weight is 340 g/mol. The van der Waals surface area contributed by atoms with Crippen LogP contribution in [0.2, 0.25) is 0 Å². The lowest BCUT2D eigenvalue weighted by atomic mass is 9.75. The molecule has 1 aliphatic heterocycles. The van der Waals surface area contributed by atoms with Gasteiger partial charge >= 0.3 is 0 Å². The van der Waals surface area contributed by atoms with Crippen LogP contribution in [0.1, 0.15) is 29.0 Å². The van der Waals surface area contributed by atoms with Gasteiger partial charge in [-0.1, -0.05) is 103 Å². The zero-order valence-corrected chi connectivity index (χ0v) is 14.9.